The predicted molar refractivity (Wildman–Crippen MR) is 87.0 cm³/mol. The van der Waals surface area contributed by atoms with Crippen molar-refractivity contribution in [2.24, 2.45) is 0 Å². The fourth-order valence-corrected chi connectivity index (χ4v) is 2.42. The normalized spacial score (nSPS) is 10.3. The number of methoxy groups -OCH3 is 1. The molecule has 0 N–H and O–H groups in total. The monoisotopic (exact) mass is 318 g/mol. The molecule has 5 heteroatoms. The summed E-state index contributed by atoms with van der Waals surface area (Å²) in [4.78, 5) is 18.4. The van der Waals surface area contributed by atoms with Gasteiger partial charge in [0.2, 0.25) is 5.91 Å². The molecule has 1 amide bonds. The van der Waals surface area contributed by atoms with Crippen LogP contribution in [-0.4, -0.2) is 29.4 Å². The second-order valence-corrected chi connectivity index (χ2v) is 5.30. The molecule has 0 fully saturated rings. The van der Waals surface area contributed by atoms with Crippen LogP contribution in [0.2, 0.25) is 5.02 Å². The van der Waals surface area contributed by atoms with Crippen LogP contribution in [0.5, 0.6) is 5.75 Å². The van der Waals surface area contributed by atoms with Crippen molar-refractivity contribution in [3.05, 3.63) is 58.9 Å². The Labute approximate surface area is 135 Å². The molecule has 1 aromatic heterocycles. The maximum Gasteiger partial charge on any atom is 0.228 e. The number of benzene rings is 1. The number of pyridine rings is 1. The minimum atomic E-state index is 0.0308. The highest BCUT2D eigenvalue weighted by Gasteiger charge is 2.15. The fourth-order valence-electron chi connectivity index (χ4n) is 2.22. The molecule has 0 unspecified atom stereocenters. The molecule has 0 saturated heterocycles. The van der Waals surface area contributed by atoms with Crippen LogP contribution in [0, 0.1) is 0 Å². The lowest BCUT2D eigenvalue weighted by atomic mass is 10.1. The first kappa shape index (κ1) is 16.3. The number of carbonyl (C=O) groups excluding carboxylic acids is 1. The highest BCUT2D eigenvalue weighted by atomic mass is 35.5. The number of hydrogen-bond donors (Lipinski definition) is 0. The van der Waals surface area contributed by atoms with Crippen LogP contribution in [0.25, 0.3) is 0 Å². The highest BCUT2D eigenvalue weighted by Crippen LogP contribution is 2.24. The average Bonchev–Trinajstić information content (AvgIpc) is 2.53. The number of amides is 1. The molecule has 1 aromatic carbocycles. The van der Waals surface area contributed by atoms with E-state index in [1.165, 1.54) is 0 Å². The van der Waals surface area contributed by atoms with Gasteiger partial charge >= 0.3 is 0 Å². The van der Waals surface area contributed by atoms with Crippen molar-refractivity contribution < 1.29 is 9.53 Å². The first-order valence-corrected chi connectivity index (χ1v) is 7.52. The Morgan fingerprint density at radius 2 is 2.14 bits per heavy atom. The molecule has 0 bridgehead atoms. The van der Waals surface area contributed by atoms with E-state index in [0.29, 0.717) is 18.1 Å². The topological polar surface area (TPSA) is 42.4 Å². The van der Waals surface area contributed by atoms with Crippen molar-refractivity contribution in [3.8, 4) is 5.75 Å². The van der Waals surface area contributed by atoms with Gasteiger partial charge in [0.1, 0.15) is 5.75 Å². The third kappa shape index (κ3) is 4.21. The Kier molecular flexibility index (Phi) is 5.78. The van der Waals surface area contributed by atoms with Gasteiger partial charge < -0.3 is 9.64 Å². The van der Waals surface area contributed by atoms with Crippen molar-refractivity contribution in [3.63, 3.8) is 0 Å². The first-order valence-electron chi connectivity index (χ1n) is 7.14. The Hall–Kier alpha value is -2.07. The molecule has 0 radical (unpaired) electrons. The van der Waals surface area contributed by atoms with E-state index < -0.39 is 0 Å². The summed E-state index contributed by atoms with van der Waals surface area (Å²) in [6.45, 7) is 3.03. The quantitative estimate of drug-likeness (QED) is 0.820. The number of ether oxygens (including phenoxy) is 1. The highest BCUT2D eigenvalue weighted by molar-refractivity contribution is 6.30. The van der Waals surface area contributed by atoms with Crippen LogP contribution in [0.1, 0.15) is 18.2 Å². The van der Waals surface area contributed by atoms with E-state index in [4.69, 9.17) is 16.3 Å². The lowest BCUT2D eigenvalue weighted by Gasteiger charge is -2.22. The third-order valence-corrected chi connectivity index (χ3v) is 3.63. The lowest BCUT2D eigenvalue weighted by Crippen LogP contribution is -2.32. The maximum atomic E-state index is 12.4. The van der Waals surface area contributed by atoms with E-state index in [1.807, 2.05) is 37.3 Å². The first-order chi connectivity index (χ1) is 10.6. The lowest BCUT2D eigenvalue weighted by molar-refractivity contribution is -0.130. The second kappa shape index (κ2) is 7.80. The van der Waals surface area contributed by atoms with E-state index in [2.05, 4.69) is 4.98 Å². The zero-order valence-electron chi connectivity index (χ0n) is 12.8. The van der Waals surface area contributed by atoms with Gasteiger partial charge in [-0.2, -0.15) is 0 Å². The van der Waals surface area contributed by atoms with Gasteiger partial charge in [-0.3, -0.25) is 9.78 Å². The smallest absolute Gasteiger partial charge is 0.228 e. The van der Waals surface area contributed by atoms with Crippen LogP contribution in [-0.2, 0) is 17.8 Å². The molecule has 0 atom stereocenters. The number of likely N-dealkylation sites (N-methyl/N-ethyl adjacent to an activating group) is 1. The maximum absolute atomic E-state index is 12.4. The zero-order valence-corrected chi connectivity index (χ0v) is 13.5. The summed E-state index contributed by atoms with van der Waals surface area (Å²) in [6, 6.07) is 11.0. The largest absolute Gasteiger partial charge is 0.496 e. The molecule has 0 aliphatic heterocycles. The van der Waals surface area contributed by atoms with Gasteiger partial charge in [0, 0.05) is 35.6 Å². The minimum Gasteiger partial charge on any atom is -0.496 e. The van der Waals surface area contributed by atoms with Gasteiger partial charge in [-0.1, -0.05) is 17.7 Å². The van der Waals surface area contributed by atoms with Crippen molar-refractivity contribution in [2.75, 3.05) is 13.7 Å². The molecular formula is C17H19ClN2O2. The second-order valence-electron chi connectivity index (χ2n) is 4.86. The SMILES string of the molecule is CCN(Cc1cc(Cl)ccc1OC)C(=O)Cc1ccccn1. The van der Waals surface area contributed by atoms with Crippen molar-refractivity contribution in [2.45, 2.75) is 19.9 Å². The zero-order chi connectivity index (χ0) is 15.9. The van der Waals surface area contributed by atoms with Crippen LogP contribution >= 0.6 is 11.6 Å². The molecule has 0 saturated carbocycles. The summed E-state index contributed by atoms with van der Waals surface area (Å²) in [7, 11) is 1.61. The van der Waals surface area contributed by atoms with Gasteiger partial charge in [0.15, 0.2) is 0 Å². The Morgan fingerprint density at radius 1 is 1.32 bits per heavy atom. The number of carbonyl (C=O) groups is 1. The number of nitrogens with zero attached hydrogens (tertiary/aromatic N) is 2. The summed E-state index contributed by atoms with van der Waals surface area (Å²) in [5.74, 6) is 0.761. The molecule has 2 aromatic rings. The van der Waals surface area contributed by atoms with Gasteiger partial charge in [-0.25, -0.2) is 0 Å². The van der Waals surface area contributed by atoms with Gasteiger partial charge in [0.05, 0.1) is 13.5 Å². The van der Waals surface area contributed by atoms with Crippen molar-refractivity contribution in [1.29, 1.82) is 0 Å². The van der Waals surface area contributed by atoms with E-state index in [-0.39, 0.29) is 12.3 Å². The summed E-state index contributed by atoms with van der Waals surface area (Å²) in [5, 5.41) is 0.629. The molecule has 0 aliphatic carbocycles. The van der Waals surface area contributed by atoms with E-state index >= 15 is 0 Å². The van der Waals surface area contributed by atoms with Crippen molar-refractivity contribution in [1.82, 2.24) is 9.88 Å². The summed E-state index contributed by atoms with van der Waals surface area (Å²) < 4.78 is 5.33. The number of aromatic nitrogens is 1. The van der Waals surface area contributed by atoms with Crippen LogP contribution in [0.15, 0.2) is 42.6 Å². The number of rotatable bonds is 6. The molecule has 4 nitrogen and oxygen atoms in total. The number of hydrogen-bond acceptors (Lipinski definition) is 3. The Bertz CT molecular complexity index is 632. The molecule has 116 valence electrons. The summed E-state index contributed by atoms with van der Waals surface area (Å²) in [6.07, 6.45) is 1.98. The van der Waals surface area contributed by atoms with Crippen LogP contribution < -0.4 is 4.74 Å². The van der Waals surface area contributed by atoms with Crippen LogP contribution in [0.3, 0.4) is 0 Å². The average molecular weight is 319 g/mol. The summed E-state index contributed by atoms with van der Waals surface area (Å²) in [5.41, 5.74) is 1.66. The predicted octanol–water partition coefficient (Wildman–Crippen LogP) is 3.33. The van der Waals surface area contributed by atoms with E-state index in [1.54, 1.807) is 24.3 Å². The Morgan fingerprint density at radius 3 is 2.77 bits per heavy atom. The molecule has 2 rings (SSSR count). The Balaban J connectivity index is 2.12. The van der Waals surface area contributed by atoms with Gasteiger partial charge in [-0.05, 0) is 37.3 Å². The molecule has 1 heterocycles. The van der Waals surface area contributed by atoms with E-state index in [9.17, 15) is 4.79 Å². The standard InChI is InChI=1S/C17H19ClN2O2/c1-3-20(17(21)11-15-6-4-5-9-19-15)12-13-10-14(18)7-8-16(13)22-2/h4-10H,3,11-12H2,1-2H3. The van der Waals surface area contributed by atoms with E-state index in [0.717, 1.165) is 17.0 Å². The molecule has 22 heavy (non-hydrogen) atoms. The minimum absolute atomic E-state index is 0.0308. The molecular weight excluding hydrogens is 300 g/mol. The molecule has 0 spiro atoms. The summed E-state index contributed by atoms with van der Waals surface area (Å²) >= 11 is 6.04. The third-order valence-electron chi connectivity index (χ3n) is 3.40. The van der Waals surface area contributed by atoms with Gasteiger partial charge in [0.25, 0.3) is 0 Å². The fraction of sp³-hybridized carbons (Fsp3) is 0.294. The number of halogens is 1. The van der Waals surface area contributed by atoms with Gasteiger partial charge in [-0.15, -0.1) is 0 Å². The molecule has 0 aliphatic rings. The van der Waals surface area contributed by atoms with Crippen LogP contribution in [0.4, 0.5) is 0 Å². The van der Waals surface area contributed by atoms with Crippen molar-refractivity contribution >= 4 is 17.5 Å².